The van der Waals surface area contributed by atoms with Gasteiger partial charge in [-0.3, -0.25) is 10.1 Å². The summed E-state index contributed by atoms with van der Waals surface area (Å²) in [7, 11) is -3.64. The molecule has 0 radical (unpaired) electrons. The van der Waals surface area contributed by atoms with Crippen molar-refractivity contribution in [2.24, 2.45) is 5.41 Å². The van der Waals surface area contributed by atoms with E-state index in [0.717, 1.165) is 25.6 Å². The van der Waals surface area contributed by atoms with E-state index in [0.29, 0.717) is 11.1 Å². The van der Waals surface area contributed by atoms with Gasteiger partial charge in [0.05, 0.1) is 4.92 Å². The van der Waals surface area contributed by atoms with E-state index >= 15 is 0 Å². The van der Waals surface area contributed by atoms with Crippen LogP contribution in [0.1, 0.15) is 39.0 Å². The molecular weight excluding hydrogens is 304 g/mol. The summed E-state index contributed by atoms with van der Waals surface area (Å²) in [5.74, 6) is 0. The molecule has 1 aromatic carbocycles. The summed E-state index contributed by atoms with van der Waals surface area (Å²) in [5.41, 5.74) is 0.537. The smallest absolute Gasteiger partial charge is 0.288 e. The van der Waals surface area contributed by atoms with Crippen LogP contribution in [0.3, 0.4) is 0 Å². The molecule has 0 atom stereocenters. The van der Waals surface area contributed by atoms with Crippen molar-refractivity contribution in [3.8, 4) is 0 Å². The lowest BCUT2D eigenvalue weighted by Crippen LogP contribution is -2.36. The Bertz CT molecular complexity index is 666. The van der Waals surface area contributed by atoms with Crippen molar-refractivity contribution in [2.45, 2.75) is 43.9 Å². The summed E-state index contributed by atoms with van der Waals surface area (Å²) < 4.78 is 23.5. The van der Waals surface area contributed by atoms with Crippen molar-refractivity contribution in [2.75, 3.05) is 18.1 Å². The van der Waals surface area contributed by atoms with Gasteiger partial charge in [-0.2, -0.15) is 0 Å². The number of hydrogen-bond donors (Lipinski definition) is 1. The Morgan fingerprint density at radius 3 is 2.50 bits per heavy atom. The van der Waals surface area contributed by atoms with E-state index in [1.165, 1.54) is 31.4 Å². The lowest BCUT2D eigenvalue weighted by molar-refractivity contribution is -0.387. The zero-order valence-corrected chi connectivity index (χ0v) is 13.8. The van der Waals surface area contributed by atoms with Crippen LogP contribution in [-0.4, -0.2) is 26.1 Å². The molecule has 22 heavy (non-hydrogen) atoms. The second-order valence-corrected chi connectivity index (χ2v) is 8.15. The van der Waals surface area contributed by atoms with Gasteiger partial charge in [-0.15, -0.1) is 0 Å². The zero-order chi connectivity index (χ0) is 16.4. The van der Waals surface area contributed by atoms with E-state index in [2.05, 4.69) is 12.2 Å². The fourth-order valence-electron chi connectivity index (χ4n) is 3.08. The number of nitro groups is 1. The highest BCUT2D eigenvalue weighted by Gasteiger charge is 2.35. The van der Waals surface area contributed by atoms with Crippen LogP contribution in [0, 0.1) is 15.5 Å². The van der Waals surface area contributed by atoms with Crippen molar-refractivity contribution >= 4 is 21.2 Å². The Kier molecular flexibility index (Phi) is 4.75. The van der Waals surface area contributed by atoms with E-state index in [1.54, 1.807) is 6.07 Å². The van der Waals surface area contributed by atoms with Crippen molar-refractivity contribution in [1.82, 2.24) is 0 Å². The number of rotatable bonds is 7. The average Bonchev–Trinajstić information content (AvgIpc) is 2.40. The lowest BCUT2D eigenvalue weighted by Gasteiger charge is -2.42. The maximum atomic E-state index is 11.7. The van der Waals surface area contributed by atoms with Crippen molar-refractivity contribution in [1.29, 1.82) is 0 Å². The molecule has 0 heterocycles. The molecule has 1 aromatic rings. The minimum absolute atomic E-state index is 0.236. The number of hydrogen-bond acceptors (Lipinski definition) is 5. The molecule has 1 aliphatic rings. The molecule has 122 valence electrons. The first-order valence-electron chi connectivity index (χ1n) is 7.50. The van der Waals surface area contributed by atoms with Crippen LogP contribution in [0.4, 0.5) is 11.4 Å². The summed E-state index contributed by atoms with van der Waals surface area (Å²) in [4.78, 5) is 10.1. The Morgan fingerprint density at radius 1 is 1.36 bits per heavy atom. The monoisotopic (exact) mass is 326 g/mol. The molecule has 1 N–H and O–H groups in total. The molecule has 0 amide bonds. The normalized spacial score (nSPS) is 16.8. The van der Waals surface area contributed by atoms with Crippen LogP contribution in [0.15, 0.2) is 23.1 Å². The molecule has 6 nitrogen and oxygen atoms in total. The number of nitrogens with zero attached hydrogens (tertiary/aromatic N) is 1. The van der Waals surface area contributed by atoms with Crippen LogP contribution in [-0.2, 0) is 9.84 Å². The van der Waals surface area contributed by atoms with Gasteiger partial charge in [0.25, 0.3) is 5.69 Å². The summed E-state index contributed by atoms with van der Waals surface area (Å²) in [6, 6.07) is 4.20. The van der Waals surface area contributed by atoms with Gasteiger partial charge in [-0.05, 0) is 36.8 Å². The number of anilines is 1. The van der Waals surface area contributed by atoms with Crippen molar-refractivity contribution < 1.29 is 13.3 Å². The Hall–Kier alpha value is -1.63. The number of benzene rings is 1. The SMILES string of the molecule is CCCC1(CNc2ccc([N+](=O)[O-])c(S(C)(=O)=O)c2)CCC1. The molecular formula is C15H22N2O4S. The Labute approximate surface area is 131 Å². The molecule has 0 aliphatic heterocycles. The molecule has 1 fully saturated rings. The molecule has 7 heteroatoms. The third-order valence-corrected chi connectivity index (χ3v) is 5.54. The average molecular weight is 326 g/mol. The minimum Gasteiger partial charge on any atom is -0.384 e. The molecule has 0 spiro atoms. The van der Waals surface area contributed by atoms with Gasteiger partial charge in [-0.25, -0.2) is 8.42 Å². The molecule has 0 unspecified atom stereocenters. The highest BCUT2D eigenvalue weighted by atomic mass is 32.2. The van der Waals surface area contributed by atoms with Gasteiger partial charge >= 0.3 is 0 Å². The number of nitrogens with one attached hydrogen (secondary N) is 1. The second kappa shape index (κ2) is 6.24. The predicted octanol–water partition coefficient (Wildman–Crippen LogP) is 3.38. The predicted molar refractivity (Wildman–Crippen MR) is 85.9 cm³/mol. The number of sulfone groups is 1. The fourth-order valence-corrected chi connectivity index (χ4v) is 3.95. The molecule has 0 saturated heterocycles. The van der Waals surface area contributed by atoms with Crippen LogP contribution >= 0.6 is 0 Å². The van der Waals surface area contributed by atoms with E-state index in [1.807, 2.05) is 0 Å². The molecule has 2 rings (SSSR count). The van der Waals surface area contributed by atoms with E-state index in [-0.39, 0.29) is 10.6 Å². The van der Waals surface area contributed by atoms with E-state index < -0.39 is 14.8 Å². The van der Waals surface area contributed by atoms with Gasteiger partial charge in [0.15, 0.2) is 9.84 Å². The van der Waals surface area contributed by atoms with Gasteiger partial charge in [0.1, 0.15) is 4.90 Å². The summed E-state index contributed by atoms with van der Waals surface area (Å²) in [6.45, 7) is 2.94. The quantitative estimate of drug-likeness (QED) is 0.613. The standard InChI is InChI=1S/C15H22N2O4S/c1-3-7-15(8-4-9-15)11-16-12-5-6-13(17(18)19)14(10-12)22(2,20)21/h5-6,10,16H,3-4,7-9,11H2,1-2H3. The van der Waals surface area contributed by atoms with Crippen LogP contribution in [0.25, 0.3) is 0 Å². The van der Waals surface area contributed by atoms with E-state index in [4.69, 9.17) is 0 Å². The molecule has 0 bridgehead atoms. The van der Waals surface area contributed by atoms with Crippen LogP contribution in [0.5, 0.6) is 0 Å². The summed E-state index contributed by atoms with van der Waals surface area (Å²) in [6.07, 6.45) is 6.85. The van der Waals surface area contributed by atoms with Crippen LogP contribution < -0.4 is 5.32 Å². The van der Waals surface area contributed by atoms with Gasteiger partial charge in [-0.1, -0.05) is 19.8 Å². The fraction of sp³-hybridized carbons (Fsp3) is 0.600. The van der Waals surface area contributed by atoms with Crippen molar-refractivity contribution in [3.05, 3.63) is 28.3 Å². The van der Waals surface area contributed by atoms with Gasteiger partial charge in [0, 0.05) is 24.6 Å². The minimum atomic E-state index is -3.64. The molecule has 1 aliphatic carbocycles. The third kappa shape index (κ3) is 3.58. The topological polar surface area (TPSA) is 89.3 Å². The Morgan fingerprint density at radius 2 is 2.05 bits per heavy atom. The molecule has 0 aromatic heterocycles. The third-order valence-electron chi connectivity index (χ3n) is 4.42. The number of nitro benzene ring substituents is 1. The maximum Gasteiger partial charge on any atom is 0.288 e. The Balaban J connectivity index is 2.21. The first-order chi connectivity index (χ1) is 10.3. The first-order valence-corrected chi connectivity index (χ1v) is 9.39. The lowest BCUT2D eigenvalue weighted by atomic mass is 9.66. The first kappa shape index (κ1) is 16.7. The van der Waals surface area contributed by atoms with Gasteiger partial charge < -0.3 is 5.32 Å². The van der Waals surface area contributed by atoms with Crippen LogP contribution in [0.2, 0.25) is 0 Å². The van der Waals surface area contributed by atoms with Gasteiger partial charge in [0.2, 0.25) is 0 Å². The summed E-state index contributed by atoms with van der Waals surface area (Å²) in [5, 5.41) is 14.2. The second-order valence-electron chi connectivity index (χ2n) is 6.17. The maximum absolute atomic E-state index is 11.7. The highest BCUT2D eigenvalue weighted by molar-refractivity contribution is 7.90. The zero-order valence-electron chi connectivity index (χ0n) is 13.0. The largest absolute Gasteiger partial charge is 0.384 e. The van der Waals surface area contributed by atoms with Crippen molar-refractivity contribution in [3.63, 3.8) is 0 Å². The highest BCUT2D eigenvalue weighted by Crippen LogP contribution is 2.44. The molecule has 1 saturated carbocycles. The summed E-state index contributed by atoms with van der Waals surface area (Å²) >= 11 is 0. The van der Waals surface area contributed by atoms with E-state index in [9.17, 15) is 18.5 Å².